The van der Waals surface area contributed by atoms with Gasteiger partial charge < -0.3 is 9.73 Å². The van der Waals surface area contributed by atoms with Crippen molar-refractivity contribution in [3.63, 3.8) is 0 Å². The molecule has 6 heteroatoms. The summed E-state index contributed by atoms with van der Waals surface area (Å²) in [7, 11) is -0.147. The molecule has 0 amide bonds. The second-order valence-corrected chi connectivity index (χ2v) is 4.84. The Morgan fingerprint density at radius 2 is 2.29 bits per heavy atom. The smallest absolute Gasteiger partial charge is 0.276 e. The van der Waals surface area contributed by atoms with E-state index in [9.17, 15) is 8.42 Å². The van der Waals surface area contributed by atoms with Crippen LogP contribution in [-0.2, 0) is 10.0 Å². The van der Waals surface area contributed by atoms with Crippen molar-refractivity contribution < 1.29 is 12.8 Å². The Kier molecular flexibility index (Phi) is 3.68. The molecule has 0 aliphatic heterocycles. The number of furan rings is 1. The predicted molar refractivity (Wildman–Crippen MR) is 52.5 cm³/mol. The van der Waals surface area contributed by atoms with Crippen LogP contribution in [0.5, 0.6) is 0 Å². The number of hydrogen-bond donors (Lipinski definition) is 1. The van der Waals surface area contributed by atoms with E-state index in [1.807, 2.05) is 0 Å². The molecule has 0 aromatic carbocycles. The van der Waals surface area contributed by atoms with E-state index in [1.54, 1.807) is 13.1 Å². The lowest BCUT2D eigenvalue weighted by Crippen LogP contribution is -2.32. The molecule has 0 unspecified atom stereocenters. The quantitative estimate of drug-likeness (QED) is 0.762. The Bertz CT molecular complexity index is 358. The highest BCUT2D eigenvalue weighted by Crippen LogP contribution is 2.13. The fourth-order valence-corrected chi connectivity index (χ4v) is 2.02. The minimum atomic E-state index is -3.44. The van der Waals surface area contributed by atoms with Crippen LogP contribution in [0.15, 0.2) is 27.9 Å². The molecule has 14 heavy (non-hydrogen) atoms. The highest BCUT2D eigenvalue weighted by atomic mass is 32.2. The minimum Gasteiger partial charge on any atom is -0.452 e. The van der Waals surface area contributed by atoms with Crippen LogP contribution < -0.4 is 5.32 Å². The van der Waals surface area contributed by atoms with E-state index in [0.717, 1.165) is 0 Å². The molecule has 80 valence electrons. The molecule has 0 bridgehead atoms. The van der Waals surface area contributed by atoms with Gasteiger partial charge in [0.1, 0.15) is 0 Å². The monoisotopic (exact) mass is 218 g/mol. The summed E-state index contributed by atoms with van der Waals surface area (Å²) < 4.78 is 29.5. The molecule has 5 nitrogen and oxygen atoms in total. The molecule has 0 atom stereocenters. The van der Waals surface area contributed by atoms with E-state index in [-0.39, 0.29) is 5.09 Å². The van der Waals surface area contributed by atoms with Crippen molar-refractivity contribution in [2.24, 2.45) is 0 Å². The lowest BCUT2D eigenvalue weighted by atomic mass is 10.6. The third-order valence-electron chi connectivity index (χ3n) is 1.84. The van der Waals surface area contributed by atoms with Crippen LogP contribution >= 0.6 is 0 Å². The van der Waals surface area contributed by atoms with Crippen molar-refractivity contribution in [3.8, 4) is 0 Å². The largest absolute Gasteiger partial charge is 0.452 e. The molecule has 1 N–H and O–H groups in total. The highest BCUT2D eigenvalue weighted by Gasteiger charge is 2.22. The zero-order valence-corrected chi connectivity index (χ0v) is 9.04. The van der Waals surface area contributed by atoms with Gasteiger partial charge in [-0.1, -0.05) is 0 Å². The predicted octanol–water partition coefficient (Wildman–Crippen LogP) is 0.120. The van der Waals surface area contributed by atoms with Crippen LogP contribution in [0.4, 0.5) is 0 Å². The lowest BCUT2D eigenvalue weighted by molar-refractivity contribution is 0.408. The zero-order chi connectivity index (χ0) is 10.6. The molecule has 1 rings (SSSR count). The normalized spacial score (nSPS) is 12.2. The van der Waals surface area contributed by atoms with Crippen molar-refractivity contribution >= 4 is 10.0 Å². The maximum Gasteiger partial charge on any atom is 0.276 e. The van der Waals surface area contributed by atoms with Gasteiger partial charge in [-0.05, 0) is 19.2 Å². The topological polar surface area (TPSA) is 62.6 Å². The van der Waals surface area contributed by atoms with Gasteiger partial charge >= 0.3 is 0 Å². The molecular weight excluding hydrogens is 204 g/mol. The first-order valence-corrected chi connectivity index (χ1v) is 5.67. The van der Waals surface area contributed by atoms with Crippen molar-refractivity contribution in [1.29, 1.82) is 0 Å². The second kappa shape index (κ2) is 4.59. The van der Waals surface area contributed by atoms with Crippen LogP contribution in [0.2, 0.25) is 0 Å². The summed E-state index contributed by atoms with van der Waals surface area (Å²) in [6, 6.07) is 2.99. The van der Waals surface area contributed by atoms with Crippen LogP contribution in [0.1, 0.15) is 0 Å². The molecule has 0 saturated carbocycles. The fraction of sp³-hybridized carbons (Fsp3) is 0.500. The van der Waals surface area contributed by atoms with Crippen LogP contribution in [0.3, 0.4) is 0 Å². The van der Waals surface area contributed by atoms with Gasteiger partial charge in [-0.25, -0.2) is 8.42 Å². The van der Waals surface area contributed by atoms with Gasteiger partial charge in [0, 0.05) is 20.1 Å². The summed E-state index contributed by atoms with van der Waals surface area (Å²) in [6.45, 7) is 1.02. The second-order valence-electron chi connectivity index (χ2n) is 2.86. The number of nitrogens with one attached hydrogen (secondary N) is 1. The first-order valence-electron chi connectivity index (χ1n) is 4.23. The number of rotatable bonds is 5. The highest BCUT2D eigenvalue weighted by molar-refractivity contribution is 7.89. The SMILES string of the molecule is CNCCN(C)S(=O)(=O)c1ccco1. The number of nitrogens with zero attached hydrogens (tertiary/aromatic N) is 1. The van der Waals surface area contributed by atoms with Crippen molar-refractivity contribution in [2.45, 2.75) is 5.09 Å². The number of likely N-dealkylation sites (N-methyl/N-ethyl adjacent to an activating group) is 2. The van der Waals surface area contributed by atoms with Gasteiger partial charge in [0.05, 0.1) is 6.26 Å². The van der Waals surface area contributed by atoms with Gasteiger partial charge in [0.25, 0.3) is 10.0 Å². The van der Waals surface area contributed by atoms with Gasteiger partial charge in [-0.15, -0.1) is 0 Å². The maximum atomic E-state index is 11.7. The Labute approximate surface area is 83.8 Å². The van der Waals surface area contributed by atoms with E-state index >= 15 is 0 Å². The fourth-order valence-electron chi connectivity index (χ4n) is 0.953. The molecule has 0 aliphatic rings. The van der Waals surface area contributed by atoms with Crippen LogP contribution in [-0.4, -0.2) is 39.9 Å². The Balaban J connectivity index is 2.76. The lowest BCUT2D eigenvalue weighted by Gasteiger charge is -2.14. The molecule has 0 saturated heterocycles. The van der Waals surface area contributed by atoms with Gasteiger partial charge in [-0.2, -0.15) is 4.31 Å². The summed E-state index contributed by atoms with van der Waals surface area (Å²) >= 11 is 0. The standard InChI is InChI=1S/C8H14N2O3S/c1-9-5-6-10(2)14(11,12)8-4-3-7-13-8/h3-4,7,9H,5-6H2,1-2H3. The molecule has 1 aromatic rings. The summed E-state index contributed by atoms with van der Waals surface area (Å²) in [5.41, 5.74) is 0. The van der Waals surface area contributed by atoms with Crippen LogP contribution in [0.25, 0.3) is 0 Å². The van der Waals surface area contributed by atoms with E-state index in [4.69, 9.17) is 4.42 Å². The summed E-state index contributed by atoms with van der Waals surface area (Å²) in [4.78, 5) is 0. The third kappa shape index (κ3) is 2.34. The summed E-state index contributed by atoms with van der Waals surface area (Å²) in [5, 5.41) is 2.86. The average Bonchev–Trinajstić information content (AvgIpc) is 2.67. The van der Waals surface area contributed by atoms with Crippen molar-refractivity contribution in [2.75, 3.05) is 27.2 Å². The third-order valence-corrected chi connectivity index (χ3v) is 3.58. The molecule has 0 radical (unpaired) electrons. The summed E-state index contributed by atoms with van der Waals surface area (Å²) in [5.74, 6) is 0. The van der Waals surface area contributed by atoms with E-state index < -0.39 is 10.0 Å². The van der Waals surface area contributed by atoms with Gasteiger partial charge in [0.15, 0.2) is 0 Å². The first-order chi connectivity index (χ1) is 6.59. The van der Waals surface area contributed by atoms with E-state index in [0.29, 0.717) is 13.1 Å². The molecule has 0 fully saturated rings. The molecule has 1 heterocycles. The van der Waals surface area contributed by atoms with Crippen molar-refractivity contribution in [1.82, 2.24) is 9.62 Å². The molecule has 0 spiro atoms. The maximum absolute atomic E-state index is 11.7. The van der Waals surface area contributed by atoms with E-state index in [2.05, 4.69) is 5.32 Å². The summed E-state index contributed by atoms with van der Waals surface area (Å²) in [6.07, 6.45) is 1.35. The Morgan fingerprint density at radius 3 is 2.79 bits per heavy atom. The molecular formula is C8H14N2O3S. The van der Waals surface area contributed by atoms with E-state index in [1.165, 1.54) is 23.7 Å². The first kappa shape index (κ1) is 11.2. The van der Waals surface area contributed by atoms with Crippen LogP contribution in [0, 0.1) is 0 Å². The zero-order valence-electron chi connectivity index (χ0n) is 8.23. The molecule has 0 aliphatic carbocycles. The van der Waals surface area contributed by atoms with Gasteiger partial charge in [0.2, 0.25) is 5.09 Å². The Morgan fingerprint density at radius 1 is 1.57 bits per heavy atom. The Hall–Kier alpha value is -0.850. The molecule has 1 aromatic heterocycles. The number of hydrogen-bond acceptors (Lipinski definition) is 4. The minimum absolute atomic E-state index is 0.0175. The van der Waals surface area contributed by atoms with Crippen molar-refractivity contribution in [3.05, 3.63) is 18.4 Å². The average molecular weight is 218 g/mol. The van der Waals surface area contributed by atoms with Gasteiger partial charge in [-0.3, -0.25) is 0 Å². The number of sulfonamides is 1.